The van der Waals surface area contributed by atoms with Crippen LogP contribution in [0.2, 0.25) is 0 Å². The van der Waals surface area contributed by atoms with E-state index in [2.05, 4.69) is 10.6 Å². The van der Waals surface area contributed by atoms with E-state index in [0.717, 1.165) is 49.8 Å². The van der Waals surface area contributed by atoms with Gasteiger partial charge in [0.05, 0.1) is 11.7 Å². The lowest BCUT2D eigenvalue weighted by Gasteiger charge is -2.12. The van der Waals surface area contributed by atoms with E-state index >= 15 is 0 Å². The Morgan fingerprint density at radius 3 is 2.82 bits per heavy atom. The van der Waals surface area contributed by atoms with Crippen LogP contribution in [0, 0.1) is 0 Å². The van der Waals surface area contributed by atoms with Gasteiger partial charge in [0.1, 0.15) is 5.00 Å². The molecule has 2 aliphatic rings. The number of carbonyl (C=O) groups is 2. The SMILES string of the molecule is O=C(C=Cc1ccccc1)Nc1sc2c(c1C(=O)NCC1CCCO1)CCC2. The molecule has 0 spiro atoms. The van der Waals surface area contributed by atoms with E-state index in [1.165, 1.54) is 22.3 Å². The highest BCUT2D eigenvalue weighted by Crippen LogP contribution is 2.39. The van der Waals surface area contributed by atoms with Crippen LogP contribution >= 0.6 is 11.3 Å². The number of nitrogens with one attached hydrogen (secondary N) is 2. The molecule has 1 atom stereocenters. The molecular formula is C22H24N2O3S. The number of ether oxygens (including phenoxy) is 1. The molecule has 146 valence electrons. The summed E-state index contributed by atoms with van der Waals surface area (Å²) in [5.41, 5.74) is 2.69. The number of anilines is 1. The maximum Gasteiger partial charge on any atom is 0.254 e. The first kappa shape index (κ1) is 18.9. The molecule has 1 aromatic heterocycles. The third-order valence-corrected chi connectivity index (χ3v) is 6.33. The van der Waals surface area contributed by atoms with Crippen LogP contribution in [0.4, 0.5) is 5.00 Å². The average molecular weight is 397 g/mol. The molecule has 1 unspecified atom stereocenters. The number of hydrogen-bond donors (Lipinski definition) is 2. The molecule has 1 aromatic carbocycles. The van der Waals surface area contributed by atoms with Crippen LogP contribution < -0.4 is 10.6 Å². The largest absolute Gasteiger partial charge is 0.376 e. The van der Waals surface area contributed by atoms with Gasteiger partial charge in [0, 0.05) is 24.1 Å². The van der Waals surface area contributed by atoms with Gasteiger partial charge in [-0.1, -0.05) is 30.3 Å². The Hall–Kier alpha value is -2.44. The molecule has 2 N–H and O–H groups in total. The molecular weight excluding hydrogens is 372 g/mol. The quantitative estimate of drug-likeness (QED) is 0.730. The second kappa shape index (κ2) is 8.71. The predicted octanol–water partition coefficient (Wildman–Crippen LogP) is 3.80. The number of rotatable bonds is 6. The lowest BCUT2D eigenvalue weighted by molar-refractivity contribution is -0.111. The maximum absolute atomic E-state index is 12.9. The molecule has 1 aliphatic carbocycles. The van der Waals surface area contributed by atoms with E-state index in [1.807, 2.05) is 30.3 Å². The van der Waals surface area contributed by atoms with Crippen molar-refractivity contribution in [2.45, 2.75) is 38.2 Å². The second-order valence-corrected chi connectivity index (χ2v) is 8.24. The van der Waals surface area contributed by atoms with Crippen LogP contribution in [0.5, 0.6) is 0 Å². The Balaban J connectivity index is 1.46. The molecule has 28 heavy (non-hydrogen) atoms. The molecule has 2 heterocycles. The van der Waals surface area contributed by atoms with Crippen molar-refractivity contribution in [1.29, 1.82) is 0 Å². The average Bonchev–Trinajstić information content (AvgIpc) is 3.43. The molecule has 4 rings (SSSR count). The zero-order chi connectivity index (χ0) is 19.3. The molecule has 1 saturated heterocycles. The maximum atomic E-state index is 12.9. The third-order valence-electron chi connectivity index (χ3n) is 5.13. The molecule has 2 aromatic rings. The summed E-state index contributed by atoms with van der Waals surface area (Å²) in [6.07, 6.45) is 8.34. The van der Waals surface area contributed by atoms with Crippen LogP contribution in [0.1, 0.15) is 45.6 Å². The van der Waals surface area contributed by atoms with E-state index in [0.29, 0.717) is 17.1 Å². The molecule has 6 heteroatoms. The highest BCUT2D eigenvalue weighted by molar-refractivity contribution is 7.17. The van der Waals surface area contributed by atoms with Gasteiger partial charge in [0.2, 0.25) is 5.91 Å². The fourth-order valence-corrected chi connectivity index (χ4v) is 5.01. The van der Waals surface area contributed by atoms with Crippen molar-refractivity contribution in [2.24, 2.45) is 0 Å². The molecule has 5 nitrogen and oxygen atoms in total. The van der Waals surface area contributed by atoms with Crippen molar-refractivity contribution >= 4 is 34.2 Å². The number of thiophene rings is 1. The Morgan fingerprint density at radius 1 is 1.18 bits per heavy atom. The molecule has 1 aliphatic heterocycles. The van der Waals surface area contributed by atoms with Crippen LogP contribution in [-0.4, -0.2) is 31.1 Å². The molecule has 0 bridgehead atoms. The smallest absolute Gasteiger partial charge is 0.254 e. The van der Waals surface area contributed by atoms with Crippen molar-refractivity contribution < 1.29 is 14.3 Å². The number of carbonyl (C=O) groups excluding carboxylic acids is 2. The Morgan fingerprint density at radius 2 is 2.04 bits per heavy atom. The summed E-state index contributed by atoms with van der Waals surface area (Å²) in [6, 6.07) is 9.67. The summed E-state index contributed by atoms with van der Waals surface area (Å²) in [6.45, 7) is 1.29. The number of hydrogen-bond acceptors (Lipinski definition) is 4. The first-order valence-corrected chi connectivity index (χ1v) is 10.6. The minimum atomic E-state index is -0.225. The second-order valence-electron chi connectivity index (χ2n) is 7.14. The van der Waals surface area contributed by atoms with Gasteiger partial charge in [-0.05, 0) is 49.3 Å². The van der Waals surface area contributed by atoms with Crippen molar-refractivity contribution in [3.63, 3.8) is 0 Å². The van der Waals surface area contributed by atoms with E-state index < -0.39 is 0 Å². The lowest BCUT2D eigenvalue weighted by atomic mass is 10.1. The van der Waals surface area contributed by atoms with Crippen molar-refractivity contribution in [2.75, 3.05) is 18.5 Å². The zero-order valence-electron chi connectivity index (χ0n) is 15.7. The minimum Gasteiger partial charge on any atom is -0.376 e. The van der Waals surface area contributed by atoms with Gasteiger partial charge in [-0.3, -0.25) is 9.59 Å². The summed E-state index contributed by atoms with van der Waals surface area (Å²) in [7, 11) is 0. The van der Waals surface area contributed by atoms with Crippen molar-refractivity contribution in [3.8, 4) is 0 Å². The van der Waals surface area contributed by atoms with Crippen LogP contribution in [-0.2, 0) is 22.4 Å². The van der Waals surface area contributed by atoms with E-state index in [1.54, 1.807) is 6.08 Å². The first-order valence-electron chi connectivity index (χ1n) is 9.79. The molecule has 0 saturated carbocycles. The summed E-state index contributed by atoms with van der Waals surface area (Å²) in [5, 5.41) is 6.57. The van der Waals surface area contributed by atoms with Gasteiger partial charge in [-0.15, -0.1) is 11.3 Å². The van der Waals surface area contributed by atoms with Gasteiger partial charge in [0.25, 0.3) is 5.91 Å². The topological polar surface area (TPSA) is 67.4 Å². The van der Waals surface area contributed by atoms with Gasteiger partial charge in [-0.25, -0.2) is 0 Å². The minimum absolute atomic E-state index is 0.0995. The third kappa shape index (κ3) is 4.34. The summed E-state index contributed by atoms with van der Waals surface area (Å²) in [4.78, 5) is 26.5. The normalized spacial score (nSPS) is 18.4. The molecule has 0 radical (unpaired) electrons. The fraction of sp³-hybridized carbons (Fsp3) is 0.364. The number of fused-ring (bicyclic) bond motifs is 1. The van der Waals surface area contributed by atoms with Gasteiger partial charge in [0.15, 0.2) is 0 Å². The molecule has 2 amide bonds. The number of aryl methyl sites for hydroxylation is 1. The monoisotopic (exact) mass is 396 g/mol. The number of benzene rings is 1. The Labute approximate surface area is 168 Å². The van der Waals surface area contributed by atoms with Crippen LogP contribution in [0.25, 0.3) is 6.08 Å². The summed E-state index contributed by atoms with van der Waals surface area (Å²) in [5.74, 6) is -0.339. The van der Waals surface area contributed by atoms with E-state index in [-0.39, 0.29) is 17.9 Å². The van der Waals surface area contributed by atoms with Crippen molar-refractivity contribution in [1.82, 2.24) is 5.32 Å². The van der Waals surface area contributed by atoms with E-state index in [4.69, 9.17) is 4.74 Å². The standard InChI is InChI=1S/C22H24N2O3S/c25-19(12-11-15-6-2-1-3-7-15)24-22-20(17-9-4-10-18(17)28-22)21(26)23-14-16-8-5-13-27-16/h1-3,6-7,11-12,16H,4-5,8-10,13-14H2,(H,23,26)(H,24,25). The fourth-order valence-electron chi connectivity index (χ4n) is 3.72. The number of amides is 2. The first-order chi connectivity index (χ1) is 13.7. The van der Waals surface area contributed by atoms with Crippen LogP contribution in [0.3, 0.4) is 0 Å². The lowest BCUT2D eigenvalue weighted by Crippen LogP contribution is -2.32. The van der Waals surface area contributed by atoms with Gasteiger partial charge in [-0.2, -0.15) is 0 Å². The highest BCUT2D eigenvalue weighted by Gasteiger charge is 2.28. The van der Waals surface area contributed by atoms with Crippen LogP contribution in [0.15, 0.2) is 36.4 Å². The highest BCUT2D eigenvalue weighted by atomic mass is 32.1. The zero-order valence-corrected chi connectivity index (χ0v) is 16.5. The summed E-state index contributed by atoms with van der Waals surface area (Å²) >= 11 is 1.53. The summed E-state index contributed by atoms with van der Waals surface area (Å²) < 4.78 is 5.59. The van der Waals surface area contributed by atoms with Gasteiger partial charge >= 0.3 is 0 Å². The predicted molar refractivity (Wildman–Crippen MR) is 112 cm³/mol. The Bertz CT molecular complexity index is 883. The van der Waals surface area contributed by atoms with Crippen molar-refractivity contribution in [3.05, 3.63) is 58.0 Å². The van der Waals surface area contributed by atoms with Gasteiger partial charge < -0.3 is 15.4 Å². The Kier molecular flexibility index (Phi) is 5.88. The van der Waals surface area contributed by atoms with E-state index in [9.17, 15) is 9.59 Å². The molecule has 1 fully saturated rings.